The maximum atomic E-state index is 13.3. The number of carbonyl (C=O) groups excluding carboxylic acids is 2. The van der Waals surface area contributed by atoms with Crippen molar-refractivity contribution in [2.75, 3.05) is 16.8 Å². The average Bonchev–Trinajstić information content (AvgIpc) is 3.15. The van der Waals surface area contributed by atoms with Crippen molar-refractivity contribution in [1.82, 2.24) is 20.0 Å². The van der Waals surface area contributed by atoms with E-state index in [-0.39, 0.29) is 28.2 Å². The fourth-order valence-corrected chi connectivity index (χ4v) is 6.27. The number of hydrogen-bond acceptors (Lipinski definition) is 9. The first-order chi connectivity index (χ1) is 19.2. The predicted octanol–water partition coefficient (Wildman–Crippen LogP) is 4.47. The maximum Gasteiger partial charge on any atom is 0.407 e. The number of sulfonamides is 1. The molecule has 1 aliphatic heterocycles. The molecule has 12 heteroatoms. The molecule has 1 saturated heterocycles. The minimum absolute atomic E-state index is 0.0181. The van der Waals surface area contributed by atoms with Crippen LogP contribution >= 0.6 is 0 Å². The number of nitrogens with zero attached hydrogens (tertiary/aromatic N) is 3. The van der Waals surface area contributed by atoms with Crippen LogP contribution in [0, 0.1) is 5.92 Å². The van der Waals surface area contributed by atoms with E-state index in [0.29, 0.717) is 17.6 Å². The molecule has 0 radical (unpaired) electrons. The Morgan fingerprint density at radius 2 is 1.71 bits per heavy atom. The monoisotopic (exact) mass is 586 g/mol. The van der Waals surface area contributed by atoms with Crippen LogP contribution in [0.2, 0.25) is 0 Å². The van der Waals surface area contributed by atoms with E-state index in [2.05, 4.69) is 51.0 Å². The van der Waals surface area contributed by atoms with Gasteiger partial charge in [-0.25, -0.2) is 19.5 Å². The summed E-state index contributed by atoms with van der Waals surface area (Å²) in [6.07, 6.45) is 5.19. The molecular weight excluding hydrogens is 544 g/mol. The van der Waals surface area contributed by atoms with Crippen LogP contribution in [0.15, 0.2) is 41.6 Å². The molecule has 2 aromatic heterocycles. The van der Waals surface area contributed by atoms with Crippen molar-refractivity contribution in [1.29, 1.82) is 0 Å². The van der Waals surface area contributed by atoms with E-state index in [9.17, 15) is 18.0 Å². The van der Waals surface area contributed by atoms with Gasteiger partial charge in [-0.2, -0.15) is 8.42 Å². The van der Waals surface area contributed by atoms with Crippen molar-refractivity contribution in [2.24, 2.45) is 5.92 Å². The van der Waals surface area contributed by atoms with Crippen LogP contribution in [0.5, 0.6) is 0 Å². The normalized spacial score (nSPS) is 22.6. The molecule has 2 aliphatic rings. The van der Waals surface area contributed by atoms with Gasteiger partial charge in [-0.05, 0) is 96.9 Å². The van der Waals surface area contributed by atoms with E-state index < -0.39 is 27.6 Å². The first-order valence-electron chi connectivity index (χ1n) is 14.2. The van der Waals surface area contributed by atoms with Gasteiger partial charge in [0.05, 0.1) is 5.56 Å². The van der Waals surface area contributed by atoms with E-state index in [1.165, 1.54) is 6.07 Å². The second-order valence-corrected chi connectivity index (χ2v) is 14.1. The summed E-state index contributed by atoms with van der Waals surface area (Å²) in [4.78, 5) is 36.1. The van der Waals surface area contributed by atoms with Crippen LogP contribution in [0.1, 0.15) is 84.0 Å². The number of nitrogens with one attached hydrogen (secondary N) is 3. The van der Waals surface area contributed by atoms with E-state index in [1.807, 2.05) is 20.8 Å². The van der Waals surface area contributed by atoms with E-state index in [0.717, 1.165) is 38.6 Å². The van der Waals surface area contributed by atoms with Crippen LogP contribution in [0.25, 0.3) is 0 Å². The number of amides is 2. The molecule has 1 unspecified atom stereocenters. The quantitative estimate of drug-likeness (QED) is 0.428. The molecule has 1 atom stereocenters. The second kappa shape index (κ2) is 11.8. The number of aromatic nitrogens is 2. The second-order valence-electron chi connectivity index (χ2n) is 12.5. The third-order valence-electron chi connectivity index (χ3n) is 8.00. The van der Waals surface area contributed by atoms with Gasteiger partial charge in [0, 0.05) is 30.4 Å². The van der Waals surface area contributed by atoms with Crippen molar-refractivity contribution in [3.63, 3.8) is 0 Å². The van der Waals surface area contributed by atoms with Crippen LogP contribution in [-0.4, -0.2) is 60.2 Å². The highest BCUT2D eigenvalue weighted by molar-refractivity contribution is 7.90. The lowest BCUT2D eigenvalue weighted by Gasteiger charge is -2.36. The molecule has 41 heavy (non-hydrogen) atoms. The summed E-state index contributed by atoms with van der Waals surface area (Å²) in [5.41, 5.74) is -0.581. The average molecular weight is 587 g/mol. The summed E-state index contributed by atoms with van der Waals surface area (Å²) in [6, 6.07) is 7.94. The summed E-state index contributed by atoms with van der Waals surface area (Å²) < 4.78 is 33.9. The van der Waals surface area contributed by atoms with Crippen molar-refractivity contribution in [3.8, 4) is 0 Å². The molecular formula is C29H42N6O5S. The Kier molecular flexibility index (Phi) is 8.81. The third-order valence-corrected chi connectivity index (χ3v) is 9.23. The van der Waals surface area contributed by atoms with Gasteiger partial charge in [0.15, 0.2) is 5.03 Å². The van der Waals surface area contributed by atoms with Gasteiger partial charge in [0.2, 0.25) is 0 Å². The van der Waals surface area contributed by atoms with Crippen molar-refractivity contribution in [2.45, 2.75) is 102 Å². The Labute approximate surface area is 242 Å². The number of alkyl carbamates (subject to hydrolysis) is 1. The first kappa shape index (κ1) is 30.5. The van der Waals surface area contributed by atoms with Gasteiger partial charge in [-0.3, -0.25) is 4.79 Å². The zero-order chi connectivity index (χ0) is 30.0. The summed E-state index contributed by atoms with van der Waals surface area (Å²) in [7, 11) is -4.25. The van der Waals surface area contributed by atoms with Gasteiger partial charge in [0.25, 0.3) is 15.9 Å². The number of ether oxygens (including phenoxy) is 1. The largest absolute Gasteiger partial charge is 0.444 e. The van der Waals surface area contributed by atoms with E-state index in [4.69, 9.17) is 4.74 Å². The molecule has 4 rings (SSSR count). The zero-order valence-electron chi connectivity index (χ0n) is 24.7. The Balaban J connectivity index is 1.39. The Hall–Kier alpha value is -3.41. The Morgan fingerprint density at radius 1 is 1.02 bits per heavy atom. The Morgan fingerprint density at radius 3 is 2.34 bits per heavy atom. The zero-order valence-corrected chi connectivity index (χ0v) is 25.5. The molecule has 1 aliphatic carbocycles. The van der Waals surface area contributed by atoms with Gasteiger partial charge in [-0.15, -0.1) is 0 Å². The smallest absolute Gasteiger partial charge is 0.407 e. The van der Waals surface area contributed by atoms with E-state index in [1.54, 1.807) is 30.5 Å². The number of carbonyl (C=O) groups is 2. The minimum atomic E-state index is -4.25. The molecule has 1 saturated carbocycles. The van der Waals surface area contributed by atoms with Gasteiger partial charge in [-0.1, -0.05) is 13.0 Å². The maximum absolute atomic E-state index is 13.3. The molecule has 0 spiro atoms. The summed E-state index contributed by atoms with van der Waals surface area (Å²) in [5.74, 6) is 0.507. The molecule has 224 valence electrons. The van der Waals surface area contributed by atoms with Crippen LogP contribution in [0.4, 0.5) is 16.4 Å². The molecule has 0 aromatic carbocycles. The summed E-state index contributed by atoms with van der Waals surface area (Å²) in [5, 5.41) is 5.97. The summed E-state index contributed by atoms with van der Waals surface area (Å²) >= 11 is 0. The minimum Gasteiger partial charge on any atom is -0.444 e. The number of rotatable bonds is 7. The Bertz CT molecular complexity index is 1370. The highest BCUT2D eigenvalue weighted by Gasteiger charge is 2.40. The van der Waals surface area contributed by atoms with Gasteiger partial charge >= 0.3 is 6.09 Å². The number of anilines is 2. The van der Waals surface area contributed by atoms with Gasteiger partial charge < -0.3 is 20.3 Å². The highest BCUT2D eigenvalue weighted by Crippen LogP contribution is 2.38. The lowest BCUT2D eigenvalue weighted by atomic mass is 9.90. The van der Waals surface area contributed by atoms with Crippen molar-refractivity contribution >= 4 is 33.7 Å². The highest BCUT2D eigenvalue weighted by atomic mass is 32.2. The molecule has 3 N–H and O–H groups in total. The predicted molar refractivity (Wildman–Crippen MR) is 157 cm³/mol. The first-order valence-corrected chi connectivity index (χ1v) is 15.7. The SMILES string of the molecule is CC1CCN(c2ncccc2C(=O)NS(=O)(=O)c2cccc(NC3CCC(NC(=O)OC(C)(C)C)CC3)n2)C1(C)C. The molecule has 2 aromatic rings. The molecule has 3 heterocycles. The fourth-order valence-electron chi connectivity index (χ4n) is 5.34. The number of hydrogen-bond donors (Lipinski definition) is 3. The topological polar surface area (TPSA) is 143 Å². The van der Waals surface area contributed by atoms with Crippen LogP contribution < -0.4 is 20.3 Å². The van der Waals surface area contributed by atoms with Crippen molar-refractivity contribution < 1.29 is 22.7 Å². The molecule has 2 amide bonds. The molecule has 0 bridgehead atoms. The molecule has 11 nitrogen and oxygen atoms in total. The lowest BCUT2D eigenvalue weighted by Crippen LogP contribution is -2.43. The van der Waals surface area contributed by atoms with Crippen LogP contribution in [-0.2, 0) is 14.8 Å². The van der Waals surface area contributed by atoms with Gasteiger partial charge in [0.1, 0.15) is 17.2 Å². The third kappa shape index (κ3) is 7.46. The fraction of sp³-hybridized carbons (Fsp3) is 0.586. The van der Waals surface area contributed by atoms with Crippen molar-refractivity contribution in [3.05, 3.63) is 42.1 Å². The lowest BCUT2D eigenvalue weighted by molar-refractivity contribution is 0.0492. The van der Waals surface area contributed by atoms with Crippen LogP contribution in [0.3, 0.4) is 0 Å². The van der Waals surface area contributed by atoms with E-state index >= 15 is 0 Å². The standard InChI is InChI=1S/C29H42N6O5S/c1-19-16-18-35(29(19,5)6)25-22(9-8-17-30-25)26(36)34-41(38,39)24-11-7-10-23(33-24)31-20-12-14-21(15-13-20)32-27(37)40-28(2,3)4/h7-11,17,19-21H,12-16,18H2,1-6H3,(H,31,33)(H,32,37)(H,34,36). The summed E-state index contributed by atoms with van der Waals surface area (Å²) in [6.45, 7) is 12.6. The molecule has 2 fully saturated rings. The number of pyridine rings is 2.